The third-order valence-electron chi connectivity index (χ3n) is 5.25. The predicted molar refractivity (Wildman–Crippen MR) is 89.2 cm³/mol. The van der Waals surface area contributed by atoms with E-state index in [0.29, 0.717) is 25.6 Å². The Kier molecular flexibility index (Phi) is 6.25. The predicted octanol–water partition coefficient (Wildman–Crippen LogP) is -0.970. The zero-order valence-electron chi connectivity index (χ0n) is 14.9. The lowest BCUT2D eigenvalue weighted by atomic mass is 9.89. The summed E-state index contributed by atoms with van der Waals surface area (Å²) in [5.41, 5.74) is -0.369. The van der Waals surface area contributed by atoms with Crippen LogP contribution in [0.1, 0.15) is 33.6 Å². The fourth-order valence-electron chi connectivity index (χ4n) is 3.71. The summed E-state index contributed by atoms with van der Waals surface area (Å²) in [4.78, 5) is 16.1. The topological polar surface area (TPSA) is 104 Å². The molecule has 0 aromatic heterocycles. The van der Waals surface area contributed by atoms with Crippen molar-refractivity contribution in [1.29, 1.82) is 0 Å². The van der Waals surface area contributed by atoms with Crippen molar-refractivity contribution >= 4 is 5.91 Å². The maximum absolute atomic E-state index is 12.3. The number of rotatable bonds is 3. The minimum atomic E-state index is -1.22. The second kappa shape index (κ2) is 7.66. The number of nitrogens with zero attached hydrogens (tertiary/aromatic N) is 2. The Hall–Kier alpha value is -0.730. The van der Waals surface area contributed by atoms with Crippen molar-refractivity contribution < 1.29 is 25.2 Å². The lowest BCUT2D eigenvalue weighted by molar-refractivity contribution is -0.149. The van der Waals surface area contributed by atoms with Crippen LogP contribution in [0.25, 0.3) is 0 Å². The summed E-state index contributed by atoms with van der Waals surface area (Å²) < 4.78 is 0. The van der Waals surface area contributed by atoms with Crippen LogP contribution in [0.5, 0.6) is 0 Å². The SMILES string of the molecule is CC(C)(C)C(=O)N1CCC(CN2C[C@H](O)[C@@H](O)[C@H](O)[C@H]2CO)CC1. The van der Waals surface area contributed by atoms with Gasteiger partial charge in [0.15, 0.2) is 0 Å². The number of aliphatic hydroxyl groups excluding tert-OH is 4. The summed E-state index contributed by atoms with van der Waals surface area (Å²) in [6.45, 7) is 7.83. The molecule has 4 atom stereocenters. The molecule has 0 aliphatic carbocycles. The summed E-state index contributed by atoms with van der Waals surface area (Å²) in [5.74, 6) is 0.513. The molecule has 7 heteroatoms. The van der Waals surface area contributed by atoms with Gasteiger partial charge in [0.05, 0.1) is 18.8 Å². The summed E-state index contributed by atoms with van der Waals surface area (Å²) in [5, 5.41) is 39.2. The zero-order chi connectivity index (χ0) is 18.1. The van der Waals surface area contributed by atoms with Gasteiger partial charge < -0.3 is 25.3 Å². The van der Waals surface area contributed by atoms with Gasteiger partial charge >= 0.3 is 0 Å². The van der Waals surface area contributed by atoms with E-state index in [4.69, 9.17) is 0 Å². The lowest BCUT2D eigenvalue weighted by Crippen LogP contribution is -2.63. The van der Waals surface area contributed by atoms with Crippen molar-refractivity contribution in [3.8, 4) is 0 Å². The number of carbonyl (C=O) groups is 1. The normalized spacial score (nSPS) is 33.7. The highest BCUT2D eigenvalue weighted by atomic mass is 16.4. The first-order valence-electron chi connectivity index (χ1n) is 8.83. The average Bonchev–Trinajstić information content (AvgIpc) is 2.52. The summed E-state index contributed by atoms with van der Waals surface area (Å²) >= 11 is 0. The fraction of sp³-hybridized carbons (Fsp3) is 0.941. The molecule has 0 aromatic rings. The molecular formula is C17H32N2O5. The molecule has 24 heavy (non-hydrogen) atoms. The van der Waals surface area contributed by atoms with Crippen LogP contribution in [0.15, 0.2) is 0 Å². The van der Waals surface area contributed by atoms with Crippen molar-refractivity contribution in [1.82, 2.24) is 9.80 Å². The molecule has 2 fully saturated rings. The Balaban J connectivity index is 1.90. The van der Waals surface area contributed by atoms with Gasteiger partial charge in [-0.25, -0.2) is 0 Å². The molecule has 2 heterocycles. The quantitative estimate of drug-likeness (QED) is 0.525. The highest BCUT2D eigenvalue weighted by Gasteiger charge is 2.42. The van der Waals surface area contributed by atoms with E-state index < -0.39 is 24.4 Å². The Morgan fingerprint density at radius 1 is 1.08 bits per heavy atom. The zero-order valence-corrected chi connectivity index (χ0v) is 14.9. The smallest absolute Gasteiger partial charge is 0.227 e. The molecule has 0 unspecified atom stereocenters. The number of β-amino-alcohol motifs (C(OH)–C–C–N with tert-alkyl or cyclic N) is 1. The van der Waals surface area contributed by atoms with Crippen molar-refractivity contribution in [2.45, 2.75) is 58.0 Å². The van der Waals surface area contributed by atoms with Gasteiger partial charge in [-0.2, -0.15) is 0 Å². The van der Waals surface area contributed by atoms with Crippen LogP contribution in [0, 0.1) is 11.3 Å². The maximum Gasteiger partial charge on any atom is 0.227 e. The Morgan fingerprint density at radius 2 is 1.67 bits per heavy atom. The summed E-state index contributed by atoms with van der Waals surface area (Å²) in [6.07, 6.45) is -1.65. The van der Waals surface area contributed by atoms with E-state index in [1.807, 2.05) is 30.6 Å². The molecule has 7 nitrogen and oxygen atoms in total. The van der Waals surface area contributed by atoms with Gasteiger partial charge in [-0.05, 0) is 18.8 Å². The van der Waals surface area contributed by atoms with Gasteiger partial charge in [-0.3, -0.25) is 9.69 Å². The van der Waals surface area contributed by atoms with E-state index in [1.165, 1.54) is 0 Å². The molecule has 2 saturated heterocycles. The van der Waals surface area contributed by atoms with Crippen molar-refractivity contribution in [2.24, 2.45) is 11.3 Å². The highest BCUT2D eigenvalue weighted by Crippen LogP contribution is 2.26. The van der Waals surface area contributed by atoms with Crippen LogP contribution in [0.3, 0.4) is 0 Å². The van der Waals surface area contributed by atoms with Gasteiger partial charge in [0.2, 0.25) is 5.91 Å². The third-order valence-corrected chi connectivity index (χ3v) is 5.25. The van der Waals surface area contributed by atoms with Gasteiger partial charge in [-0.1, -0.05) is 20.8 Å². The van der Waals surface area contributed by atoms with Gasteiger partial charge in [0, 0.05) is 31.6 Å². The van der Waals surface area contributed by atoms with E-state index in [2.05, 4.69) is 0 Å². The number of amides is 1. The minimum Gasteiger partial charge on any atom is -0.395 e. The molecule has 0 aromatic carbocycles. The Labute approximate surface area is 143 Å². The van der Waals surface area contributed by atoms with Crippen LogP contribution in [-0.4, -0.2) is 93.3 Å². The number of hydrogen-bond donors (Lipinski definition) is 4. The Morgan fingerprint density at radius 3 is 2.17 bits per heavy atom. The van der Waals surface area contributed by atoms with E-state index >= 15 is 0 Å². The van der Waals surface area contributed by atoms with E-state index in [9.17, 15) is 25.2 Å². The minimum absolute atomic E-state index is 0.168. The van der Waals surface area contributed by atoms with Crippen molar-refractivity contribution in [2.75, 3.05) is 32.8 Å². The van der Waals surface area contributed by atoms with Crippen LogP contribution < -0.4 is 0 Å². The molecule has 0 radical (unpaired) electrons. The van der Waals surface area contributed by atoms with Crippen LogP contribution in [-0.2, 0) is 4.79 Å². The number of aliphatic hydroxyl groups is 4. The molecule has 0 spiro atoms. The maximum atomic E-state index is 12.3. The van der Waals surface area contributed by atoms with Gasteiger partial charge in [0.1, 0.15) is 12.2 Å². The molecule has 4 N–H and O–H groups in total. The number of piperidine rings is 2. The molecule has 2 aliphatic rings. The third kappa shape index (κ3) is 4.26. The molecular weight excluding hydrogens is 312 g/mol. The first kappa shape index (κ1) is 19.6. The molecule has 0 saturated carbocycles. The van der Waals surface area contributed by atoms with Crippen molar-refractivity contribution in [3.63, 3.8) is 0 Å². The fourth-order valence-corrected chi connectivity index (χ4v) is 3.71. The number of hydrogen-bond acceptors (Lipinski definition) is 6. The Bertz CT molecular complexity index is 431. The first-order valence-corrected chi connectivity index (χ1v) is 8.83. The van der Waals surface area contributed by atoms with Crippen LogP contribution in [0.2, 0.25) is 0 Å². The number of likely N-dealkylation sites (tertiary alicyclic amines) is 2. The first-order chi connectivity index (χ1) is 11.1. The standard InChI is InChI=1S/C17H32N2O5/c1-17(2,3)16(24)18-6-4-11(5-7-18)8-19-9-13(21)15(23)14(22)12(19)10-20/h11-15,20-23H,4-10H2,1-3H3/t12-,13+,14-,15-/m1/s1. The molecule has 140 valence electrons. The lowest BCUT2D eigenvalue weighted by Gasteiger charge is -2.45. The summed E-state index contributed by atoms with van der Waals surface area (Å²) in [6, 6.07) is -0.558. The number of carbonyl (C=O) groups excluding carboxylic acids is 1. The van der Waals surface area contributed by atoms with Crippen LogP contribution in [0.4, 0.5) is 0 Å². The van der Waals surface area contributed by atoms with Gasteiger partial charge in [-0.15, -0.1) is 0 Å². The summed E-state index contributed by atoms with van der Waals surface area (Å²) in [7, 11) is 0. The molecule has 1 amide bonds. The monoisotopic (exact) mass is 344 g/mol. The molecule has 2 aliphatic heterocycles. The molecule has 0 bridgehead atoms. The van der Waals surface area contributed by atoms with E-state index in [0.717, 1.165) is 12.8 Å². The van der Waals surface area contributed by atoms with E-state index in [-0.39, 0.29) is 24.5 Å². The van der Waals surface area contributed by atoms with Crippen LogP contribution >= 0.6 is 0 Å². The largest absolute Gasteiger partial charge is 0.395 e. The van der Waals surface area contributed by atoms with E-state index in [1.54, 1.807) is 0 Å². The average molecular weight is 344 g/mol. The van der Waals surface area contributed by atoms with Gasteiger partial charge in [0.25, 0.3) is 0 Å². The second-order valence-electron chi connectivity index (χ2n) is 8.24. The van der Waals surface area contributed by atoms with Crippen molar-refractivity contribution in [3.05, 3.63) is 0 Å². The second-order valence-corrected chi connectivity index (χ2v) is 8.24. The molecule has 2 rings (SSSR count). The highest BCUT2D eigenvalue weighted by molar-refractivity contribution is 5.81.